The Morgan fingerprint density at radius 1 is 0.571 bits per heavy atom. The van der Waals surface area contributed by atoms with Crippen molar-refractivity contribution in [2.24, 2.45) is 0 Å². The standard InChI is InChI=1S/C9H2F16O2.K/c10-1(11)3(12,13)5(16,17)7(20,21)9(24,25)8(22,23)6(18,19)4(14,15)2(26)27;/h1H,(H,26,27);/q;+1/p-1. The molecule has 0 saturated heterocycles. The smallest absolute Gasteiger partial charge is 0.544 e. The Hall–Kier alpha value is -0.0136. The van der Waals surface area contributed by atoms with Crippen molar-refractivity contribution in [3.05, 3.63) is 0 Å². The first-order chi connectivity index (χ1) is 11.4. The van der Waals surface area contributed by atoms with Crippen LogP contribution in [0.1, 0.15) is 0 Å². The molecular weight excluding hydrogens is 483 g/mol. The zero-order valence-corrected chi connectivity index (χ0v) is 15.6. The number of carboxylic acid groups (broad SMARTS) is 1. The molecule has 0 aromatic rings. The molecule has 0 aromatic heterocycles. The van der Waals surface area contributed by atoms with Crippen molar-refractivity contribution in [2.75, 3.05) is 0 Å². The molecule has 0 bridgehead atoms. The van der Waals surface area contributed by atoms with Gasteiger partial charge >= 0.3 is 99.3 Å². The van der Waals surface area contributed by atoms with E-state index in [1.807, 2.05) is 0 Å². The molecule has 0 N–H and O–H groups in total. The van der Waals surface area contributed by atoms with Crippen LogP contribution in [0.2, 0.25) is 0 Å². The molecule has 0 saturated carbocycles. The van der Waals surface area contributed by atoms with E-state index < -0.39 is 53.9 Å². The Morgan fingerprint density at radius 3 is 1.07 bits per heavy atom. The average molecular weight is 484 g/mol. The van der Waals surface area contributed by atoms with E-state index in [1.165, 1.54) is 0 Å². The molecule has 0 amide bonds. The maximum Gasteiger partial charge on any atom is 1.00 e. The van der Waals surface area contributed by atoms with Crippen LogP contribution >= 0.6 is 0 Å². The van der Waals surface area contributed by atoms with Gasteiger partial charge in [0, 0.05) is 0 Å². The van der Waals surface area contributed by atoms with E-state index in [0.717, 1.165) is 0 Å². The number of rotatable bonds is 8. The van der Waals surface area contributed by atoms with Crippen LogP contribution in [0.5, 0.6) is 0 Å². The zero-order chi connectivity index (χ0) is 22.7. The van der Waals surface area contributed by atoms with Gasteiger partial charge in [0.1, 0.15) is 5.97 Å². The summed E-state index contributed by atoms with van der Waals surface area (Å²) in [5, 5.41) is 9.66. The molecule has 28 heavy (non-hydrogen) atoms. The summed E-state index contributed by atoms with van der Waals surface area (Å²) in [6, 6.07) is 0. The second-order valence-corrected chi connectivity index (χ2v) is 4.66. The Labute approximate surface area is 184 Å². The van der Waals surface area contributed by atoms with E-state index in [-0.39, 0.29) is 51.4 Å². The van der Waals surface area contributed by atoms with Gasteiger partial charge in [-0.2, -0.15) is 61.5 Å². The van der Waals surface area contributed by atoms with Crippen LogP contribution in [0.4, 0.5) is 70.2 Å². The third-order valence-corrected chi connectivity index (χ3v) is 2.92. The minimum absolute atomic E-state index is 0. The average Bonchev–Trinajstić information content (AvgIpc) is 2.45. The molecule has 0 heterocycles. The van der Waals surface area contributed by atoms with Crippen LogP contribution < -0.4 is 56.5 Å². The van der Waals surface area contributed by atoms with E-state index in [1.54, 1.807) is 0 Å². The zero-order valence-electron chi connectivity index (χ0n) is 12.4. The maximum absolute atomic E-state index is 13.0. The minimum atomic E-state index is -8.61. The summed E-state index contributed by atoms with van der Waals surface area (Å²) in [4.78, 5) is 9.66. The van der Waals surface area contributed by atoms with Crippen LogP contribution in [0.3, 0.4) is 0 Å². The van der Waals surface area contributed by atoms with Gasteiger partial charge < -0.3 is 9.90 Å². The van der Waals surface area contributed by atoms with E-state index in [2.05, 4.69) is 0 Å². The van der Waals surface area contributed by atoms with Crippen molar-refractivity contribution in [3.8, 4) is 0 Å². The fourth-order valence-corrected chi connectivity index (χ4v) is 1.26. The van der Waals surface area contributed by atoms with Gasteiger partial charge in [0.05, 0.1) is 0 Å². The van der Waals surface area contributed by atoms with Crippen LogP contribution in [0.25, 0.3) is 0 Å². The predicted molar refractivity (Wildman–Crippen MR) is 45.6 cm³/mol. The Morgan fingerprint density at radius 2 is 0.821 bits per heavy atom. The quantitative estimate of drug-likeness (QED) is 0.371. The van der Waals surface area contributed by atoms with Crippen LogP contribution in [-0.2, 0) is 4.79 Å². The molecule has 0 radical (unpaired) electrons. The maximum atomic E-state index is 13.0. The summed E-state index contributed by atoms with van der Waals surface area (Å²) in [7, 11) is 0. The van der Waals surface area contributed by atoms with Gasteiger partial charge in [-0.15, -0.1) is 0 Å². The van der Waals surface area contributed by atoms with Crippen molar-refractivity contribution in [2.45, 2.75) is 47.9 Å². The van der Waals surface area contributed by atoms with E-state index in [0.29, 0.717) is 0 Å². The van der Waals surface area contributed by atoms with Crippen molar-refractivity contribution < 1.29 is 132 Å². The van der Waals surface area contributed by atoms with Crippen LogP contribution in [0.15, 0.2) is 0 Å². The fraction of sp³-hybridized carbons (Fsp3) is 0.889. The van der Waals surface area contributed by atoms with Gasteiger partial charge in [-0.3, -0.25) is 0 Å². The molecule has 0 aromatic carbocycles. The Bertz CT molecular complexity index is 585. The molecular formula is C9HF16KO2. The molecule has 0 unspecified atom stereocenters. The van der Waals surface area contributed by atoms with Crippen molar-refractivity contribution in [1.29, 1.82) is 0 Å². The molecule has 0 rings (SSSR count). The number of halogens is 16. The normalized spacial score (nSPS) is 15.5. The summed E-state index contributed by atoms with van der Waals surface area (Å²) >= 11 is 0. The molecule has 0 aliphatic rings. The van der Waals surface area contributed by atoms with Crippen molar-refractivity contribution in [3.63, 3.8) is 0 Å². The molecule has 19 heteroatoms. The molecule has 0 fully saturated rings. The van der Waals surface area contributed by atoms with Gasteiger partial charge in [0.2, 0.25) is 0 Å². The first kappa shape index (κ1) is 30.2. The largest absolute Gasteiger partial charge is 1.00 e. The molecule has 0 spiro atoms. The third-order valence-electron chi connectivity index (χ3n) is 2.92. The number of aliphatic carboxylic acids is 1. The number of hydrogen-bond donors (Lipinski definition) is 0. The molecule has 162 valence electrons. The van der Waals surface area contributed by atoms with Gasteiger partial charge in [0.25, 0.3) is 0 Å². The van der Waals surface area contributed by atoms with E-state index >= 15 is 0 Å². The van der Waals surface area contributed by atoms with Gasteiger partial charge in [-0.05, 0) is 0 Å². The summed E-state index contributed by atoms with van der Waals surface area (Å²) in [5.74, 6) is -61.5. The topological polar surface area (TPSA) is 40.1 Å². The summed E-state index contributed by atoms with van der Waals surface area (Å²) < 4.78 is 202. The van der Waals surface area contributed by atoms with Gasteiger partial charge in [-0.1, -0.05) is 0 Å². The number of alkyl halides is 16. The Balaban J connectivity index is 0. The third kappa shape index (κ3) is 3.73. The molecule has 0 atom stereocenters. The minimum Gasteiger partial charge on any atom is -0.544 e. The first-order valence-corrected chi connectivity index (χ1v) is 5.53. The van der Waals surface area contributed by atoms with Gasteiger partial charge in [0.15, 0.2) is 0 Å². The van der Waals surface area contributed by atoms with Crippen molar-refractivity contribution in [1.82, 2.24) is 0 Å². The summed E-state index contributed by atoms with van der Waals surface area (Å²) in [6.07, 6.45) is -5.94. The number of carbonyl (C=O) groups excluding carboxylic acids is 1. The van der Waals surface area contributed by atoms with E-state index in [9.17, 15) is 80.1 Å². The molecule has 0 aliphatic heterocycles. The van der Waals surface area contributed by atoms with Crippen molar-refractivity contribution >= 4 is 5.97 Å². The monoisotopic (exact) mass is 484 g/mol. The number of hydrogen-bond acceptors (Lipinski definition) is 2. The molecule has 2 nitrogen and oxygen atoms in total. The SMILES string of the molecule is O=C([O-])C(F)(F)C(F)(F)C(F)(F)C(F)(F)C(F)(F)C(F)(F)C(F)(F)C(F)F.[K+]. The second kappa shape index (κ2) is 7.91. The Kier molecular flexibility index (Phi) is 8.53. The summed E-state index contributed by atoms with van der Waals surface area (Å²) in [5.41, 5.74) is 0. The van der Waals surface area contributed by atoms with Gasteiger partial charge in [-0.25, -0.2) is 8.78 Å². The number of carbonyl (C=O) groups is 1. The van der Waals surface area contributed by atoms with E-state index in [4.69, 9.17) is 0 Å². The molecule has 0 aliphatic carbocycles. The predicted octanol–water partition coefficient (Wildman–Crippen LogP) is 0.452. The van der Waals surface area contributed by atoms with Crippen LogP contribution in [-0.4, -0.2) is 53.9 Å². The fourth-order valence-electron chi connectivity index (χ4n) is 1.26. The second-order valence-electron chi connectivity index (χ2n) is 4.66. The summed E-state index contributed by atoms with van der Waals surface area (Å²) in [6.45, 7) is 0. The first-order valence-electron chi connectivity index (χ1n) is 5.53. The van der Waals surface area contributed by atoms with Crippen LogP contribution in [0, 0.1) is 0 Å². The number of carboxylic acids is 1.